The highest BCUT2D eigenvalue weighted by Crippen LogP contribution is 2.33. The van der Waals surface area contributed by atoms with Crippen LogP contribution in [-0.2, 0) is 13.0 Å². The van der Waals surface area contributed by atoms with Gasteiger partial charge in [-0.25, -0.2) is 0 Å². The summed E-state index contributed by atoms with van der Waals surface area (Å²) in [6.07, 6.45) is 1.37. The SMILES string of the molecule is CCCc1c(OCc2cccc(NC(=O)c3cccc(/C(N)=N/N)c3)c2)ccc(C(C)=O)c1O. The number of ketones is 1. The van der Waals surface area contributed by atoms with Crippen LogP contribution in [0.15, 0.2) is 65.8 Å². The van der Waals surface area contributed by atoms with E-state index in [4.69, 9.17) is 16.3 Å². The number of phenols is 1. The van der Waals surface area contributed by atoms with Crippen LogP contribution in [0, 0.1) is 0 Å². The first kappa shape index (κ1) is 24.3. The molecule has 0 aliphatic carbocycles. The van der Waals surface area contributed by atoms with Crippen molar-refractivity contribution in [2.45, 2.75) is 33.3 Å². The van der Waals surface area contributed by atoms with E-state index in [9.17, 15) is 14.7 Å². The van der Waals surface area contributed by atoms with Crippen LogP contribution in [0.4, 0.5) is 5.69 Å². The van der Waals surface area contributed by atoms with E-state index in [-0.39, 0.29) is 35.4 Å². The normalized spacial score (nSPS) is 11.2. The number of ether oxygens (including phenoxy) is 1. The van der Waals surface area contributed by atoms with Gasteiger partial charge in [-0.2, -0.15) is 5.10 Å². The van der Waals surface area contributed by atoms with Crippen LogP contribution in [0.25, 0.3) is 0 Å². The summed E-state index contributed by atoms with van der Waals surface area (Å²) in [5.74, 6) is 5.34. The van der Waals surface area contributed by atoms with E-state index in [0.29, 0.717) is 34.5 Å². The van der Waals surface area contributed by atoms with E-state index < -0.39 is 0 Å². The first-order chi connectivity index (χ1) is 16.3. The number of phenolic OH excluding ortho intramolecular Hbond substituents is 1. The number of carbonyl (C=O) groups excluding carboxylic acids is 2. The third-order valence-corrected chi connectivity index (χ3v) is 5.26. The first-order valence-electron chi connectivity index (χ1n) is 10.9. The Morgan fingerprint density at radius 3 is 2.50 bits per heavy atom. The summed E-state index contributed by atoms with van der Waals surface area (Å²) in [7, 11) is 0. The number of carbonyl (C=O) groups is 2. The number of Topliss-reactive ketones (excluding diaryl/α,β-unsaturated/α-hetero) is 1. The Hall–Kier alpha value is -4.33. The largest absolute Gasteiger partial charge is 0.507 e. The van der Waals surface area contributed by atoms with Gasteiger partial charge >= 0.3 is 0 Å². The fourth-order valence-electron chi connectivity index (χ4n) is 3.53. The highest BCUT2D eigenvalue weighted by Gasteiger charge is 2.16. The second-order valence-corrected chi connectivity index (χ2v) is 7.78. The van der Waals surface area contributed by atoms with Gasteiger partial charge in [-0.1, -0.05) is 37.6 Å². The molecule has 3 aromatic rings. The smallest absolute Gasteiger partial charge is 0.255 e. The van der Waals surface area contributed by atoms with Gasteiger partial charge < -0.3 is 26.7 Å². The Balaban J connectivity index is 1.74. The molecule has 0 fully saturated rings. The number of nitrogens with zero attached hydrogens (tertiary/aromatic N) is 1. The van der Waals surface area contributed by atoms with Crippen LogP contribution in [0.5, 0.6) is 11.5 Å². The van der Waals surface area contributed by atoms with E-state index in [0.717, 1.165) is 12.0 Å². The number of benzene rings is 3. The van der Waals surface area contributed by atoms with E-state index in [1.165, 1.54) is 6.92 Å². The fourth-order valence-corrected chi connectivity index (χ4v) is 3.53. The molecule has 0 aromatic heterocycles. The van der Waals surface area contributed by atoms with Gasteiger partial charge in [0, 0.05) is 22.4 Å². The van der Waals surface area contributed by atoms with Gasteiger partial charge in [-0.15, -0.1) is 0 Å². The quantitative estimate of drug-likeness (QED) is 0.125. The minimum Gasteiger partial charge on any atom is -0.507 e. The van der Waals surface area contributed by atoms with Crippen LogP contribution in [0.2, 0.25) is 0 Å². The maximum atomic E-state index is 12.7. The minimum absolute atomic E-state index is 0.0320. The Labute approximate surface area is 198 Å². The van der Waals surface area contributed by atoms with Crippen LogP contribution in [-0.4, -0.2) is 22.6 Å². The zero-order valence-electron chi connectivity index (χ0n) is 19.2. The van der Waals surface area contributed by atoms with Crippen molar-refractivity contribution >= 4 is 23.2 Å². The first-order valence-corrected chi connectivity index (χ1v) is 10.9. The van der Waals surface area contributed by atoms with Crippen molar-refractivity contribution in [3.63, 3.8) is 0 Å². The summed E-state index contributed by atoms with van der Waals surface area (Å²) >= 11 is 0. The van der Waals surface area contributed by atoms with Crippen LogP contribution < -0.4 is 21.6 Å². The molecule has 0 heterocycles. The van der Waals surface area contributed by atoms with Crippen molar-refractivity contribution in [3.05, 3.63) is 88.5 Å². The summed E-state index contributed by atoms with van der Waals surface area (Å²) in [5, 5.41) is 16.8. The molecule has 176 valence electrons. The van der Waals surface area contributed by atoms with E-state index in [1.54, 1.807) is 48.5 Å². The van der Waals surface area contributed by atoms with Crippen LogP contribution in [0.3, 0.4) is 0 Å². The van der Waals surface area contributed by atoms with E-state index in [1.807, 2.05) is 19.1 Å². The summed E-state index contributed by atoms with van der Waals surface area (Å²) in [6.45, 7) is 3.63. The monoisotopic (exact) mass is 460 g/mol. The Kier molecular flexibility index (Phi) is 7.87. The minimum atomic E-state index is -0.306. The topological polar surface area (TPSA) is 140 Å². The van der Waals surface area contributed by atoms with Gasteiger partial charge in [-0.3, -0.25) is 9.59 Å². The molecule has 0 aliphatic rings. The number of hydrogen-bond donors (Lipinski definition) is 4. The molecular formula is C26H28N4O4. The molecule has 0 aliphatic heterocycles. The lowest BCUT2D eigenvalue weighted by Crippen LogP contribution is -2.17. The fraction of sp³-hybridized carbons (Fsp3) is 0.192. The van der Waals surface area contributed by atoms with Crippen molar-refractivity contribution < 1.29 is 19.4 Å². The van der Waals surface area contributed by atoms with E-state index in [2.05, 4.69) is 10.4 Å². The second kappa shape index (κ2) is 11.0. The van der Waals surface area contributed by atoms with Gasteiger partial charge in [0.15, 0.2) is 5.78 Å². The Morgan fingerprint density at radius 2 is 1.79 bits per heavy atom. The molecule has 0 unspecified atom stereocenters. The predicted octanol–water partition coefficient (Wildman–Crippen LogP) is 3.96. The molecule has 6 N–H and O–H groups in total. The number of nitrogens with one attached hydrogen (secondary N) is 1. The average Bonchev–Trinajstić information content (AvgIpc) is 2.84. The van der Waals surface area contributed by atoms with Gasteiger partial charge in [-0.05, 0) is 55.3 Å². The average molecular weight is 461 g/mol. The molecule has 3 rings (SSSR count). The number of hydrazone groups is 1. The zero-order valence-corrected chi connectivity index (χ0v) is 19.2. The Bertz CT molecular complexity index is 1240. The Morgan fingerprint density at radius 1 is 1.06 bits per heavy atom. The number of hydrogen-bond acceptors (Lipinski definition) is 6. The molecule has 0 saturated heterocycles. The van der Waals surface area contributed by atoms with Crippen molar-refractivity contribution in [3.8, 4) is 11.5 Å². The molecule has 0 radical (unpaired) electrons. The summed E-state index contributed by atoms with van der Waals surface area (Å²) in [6, 6.07) is 17.2. The number of anilines is 1. The molecule has 0 spiro atoms. The zero-order chi connectivity index (χ0) is 24.7. The van der Waals surface area contributed by atoms with Gasteiger partial charge in [0.05, 0.1) is 5.56 Å². The predicted molar refractivity (Wildman–Crippen MR) is 132 cm³/mol. The molecule has 0 bridgehead atoms. The highest BCUT2D eigenvalue weighted by molar-refractivity contribution is 6.06. The molecule has 0 saturated carbocycles. The third kappa shape index (κ3) is 5.72. The highest BCUT2D eigenvalue weighted by atomic mass is 16.5. The number of nitrogens with two attached hydrogens (primary N) is 2. The van der Waals surface area contributed by atoms with E-state index >= 15 is 0 Å². The summed E-state index contributed by atoms with van der Waals surface area (Å²) < 4.78 is 5.97. The van der Waals surface area contributed by atoms with Crippen LogP contribution in [0.1, 0.15) is 57.7 Å². The van der Waals surface area contributed by atoms with Gasteiger partial charge in [0.1, 0.15) is 23.9 Å². The van der Waals surface area contributed by atoms with Gasteiger partial charge in [0.25, 0.3) is 5.91 Å². The number of rotatable bonds is 9. The van der Waals surface area contributed by atoms with Crippen molar-refractivity contribution in [2.75, 3.05) is 5.32 Å². The molecule has 1 amide bonds. The third-order valence-electron chi connectivity index (χ3n) is 5.26. The lowest BCUT2D eigenvalue weighted by Gasteiger charge is -2.15. The maximum Gasteiger partial charge on any atom is 0.255 e. The lowest BCUT2D eigenvalue weighted by atomic mass is 10.0. The molecular weight excluding hydrogens is 432 g/mol. The van der Waals surface area contributed by atoms with Gasteiger partial charge in [0.2, 0.25) is 0 Å². The molecule has 0 atom stereocenters. The molecule has 8 heteroatoms. The van der Waals surface area contributed by atoms with Crippen LogP contribution >= 0.6 is 0 Å². The van der Waals surface area contributed by atoms with Crippen molar-refractivity contribution in [2.24, 2.45) is 16.7 Å². The summed E-state index contributed by atoms with van der Waals surface area (Å²) in [5.41, 5.74) is 9.01. The number of amides is 1. The van der Waals surface area contributed by atoms with Crippen molar-refractivity contribution in [1.29, 1.82) is 0 Å². The molecule has 3 aromatic carbocycles. The lowest BCUT2D eigenvalue weighted by molar-refractivity contribution is 0.101. The molecule has 34 heavy (non-hydrogen) atoms. The second-order valence-electron chi connectivity index (χ2n) is 7.78. The molecule has 8 nitrogen and oxygen atoms in total. The number of aromatic hydroxyl groups is 1. The van der Waals surface area contributed by atoms with Crippen molar-refractivity contribution in [1.82, 2.24) is 0 Å². The number of amidine groups is 1. The maximum absolute atomic E-state index is 12.7. The summed E-state index contributed by atoms with van der Waals surface area (Å²) in [4.78, 5) is 24.5. The standard InChI is InChI=1S/C26H28N4O4/c1-3-6-22-23(12-11-21(16(2)31)24(22)32)34-15-17-7-4-10-20(13-17)29-26(33)19-9-5-8-18(14-19)25(27)30-28/h4-5,7-14,32H,3,6,15,28H2,1-2H3,(H2,27,30)(H,29,33).